The molecule has 3 rings (SSSR count). The van der Waals surface area contributed by atoms with Crippen LogP contribution in [0.15, 0.2) is 30.3 Å². The average Bonchev–Trinajstić information content (AvgIpc) is 3.09. The molecule has 2 aromatic heterocycles. The van der Waals surface area contributed by atoms with Crippen molar-refractivity contribution in [1.82, 2.24) is 15.1 Å². The van der Waals surface area contributed by atoms with Gasteiger partial charge in [0.2, 0.25) is 0 Å². The Morgan fingerprint density at radius 2 is 2.13 bits per heavy atom. The van der Waals surface area contributed by atoms with Crippen molar-refractivity contribution in [3.05, 3.63) is 46.5 Å². The van der Waals surface area contributed by atoms with E-state index >= 15 is 0 Å². The van der Waals surface area contributed by atoms with Gasteiger partial charge < -0.3 is 10.1 Å². The number of para-hydroxylation sites is 1. The van der Waals surface area contributed by atoms with E-state index in [2.05, 4.69) is 10.4 Å². The first-order valence-electron chi connectivity index (χ1n) is 7.38. The van der Waals surface area contributed by atoms with Crippen molar-refractivity contribution in [2.75, 3.05) is 7.11 Å². The van der Waals surface area contributed by atoms with Crippen molar-refractivity contribution in [1.29, 1.82) is 0 Å². The van der Waals surface area contributed by atoms with Crippen LogP contribution in [0.3, 0.4) is 0 Å². The number of nitrogens with zero attached hydrogens (tertiary/aromatic N) is 2. The van der Waals surface area contributed by atoms with Crippen LogP contribution < -0.4 is 10.1 Å². The summed E-state index contributed by atoms with van der Waals surface area (Å²) < 4.78 is 7.18. The third kappa shape index (κ3) is 2.82. The second-order valence-corrected chi connectivity index (χ2v) is 6.51. The van der Waals surface area contributed by atoms with Crippen LogP contribution in [-0.4, -0.2) is 22.8 Å². The van der Waals surface area contributed by atoms with E-state index in [0.29, 0.717) is 4.88 Å². The van der Waals surface area contributed by atoms with E-state index in [-0.39, 0.29) is 11.9 Å². The summed E-state index contributed by atoms with van der Waals surface area (Å²) in [7, 11) is 3.53. The summed E-state index contributed by atoms with van der Waals surface area (Å²) in [5, 5.41) is 8.43. The van der Waals surface area contributed by atoms with Gasteiger partial charge in [-0.2, -0.15) is 5.10 Å². The molecule has 0 aliphatic rings. The Bertz CT molecular complexity index is 831. The molecule has 1 aromatic carbocycles. The molecule has 0 radical (unpaired) electrons. The van der Waals surface area contributed by atoms with Crippen molar-refractivity contribution in [3.63, 3.8) is 0 Å². The van der Waals surface area contributed by atoms with Gasteiger partial charge in [-0.1, -0.05) is 18.2 Å². The van der Waals surface area contributed by atoms with Crippen LogP contribution in [0.1, 0.15) is 33.9 Å². The molecule has 1 atom stereocenters. The second kappa shape index (κ2) is 6.04. The largest absolute Gasteiger partial charge is 0.496 e. The second-order valence-electron chi connectivity index (χ2n) is 5.48. The Balaban J connectivity index is 1.83. The molecule has 120 valence electrons. The molecule has 0 saturated carbocycles. The Labute approximate surface area is 138 Å². The van der Waals surface area contributed by atoms with Crippen molar-refractivity contribution in [2.45, 2.75) is 19.9 Å². The van der Waals surface area contributed by atoms with Gasteiger partial charge in [-0.15, -0.1) is 11.3 Å². The molecule has 1 N–H and O–H groups in total. The molecule has 2 heterocycles. The molecule has 0 aliphatic heterocycles. The molecule has 0 bridgehead atoms. The van der Waals surface area contributed by atoms with Crippen molar-refractivity contribution >= 4 is 27.5 Å². The number of methoxy groups -OCH3 is 1. The fraction of sp³-hybridized carbons (Fsp3) is 0.294. The summed E-state index contributed by atoms with van der Waals surface area (Å²) in [6.07, 6.45) is 0. The number of carbonyl (C=O) groups excluding carboxylic acids is 1. The molecule has 0 fully saturated rings. The normalized spacial score (nSPS) is 12.3. The fourth-order valence-corrected chi connectivity index (χ4v) is 3.71. The maximum Gasteiger partial charge on any atom is 0.261 e. The highest BCUT2D eigenvalue weighted by Gasteiger charge is 2.18. The van der Waals surface area contributed by atoms with Gasteiger partial charge in [0.25, 0.3) is 5.91 Å². The van der Waals surface area contributed by atoms with Crippen LogP contribution in [0.25, 0.3) is 10.2 Å². The first-order valence-corrected chi connectivity index (χ1v) is 8.20. The summed E-state index contributed by atoms with van der Waals surface area (Å²) in [6, 6.07) is 9.48. The number of rotatable bonds is 4. The third-order valence-corrected chi connectivity index (χ3v) is 5.07. The third-order valence-electron chi connectivity index (χ3n) is 3.87. The Morgan fingerprint density at radius 1 is 1.39 bits per heavy atom. The van der Waals surface area contributed by atoms with E-state index in [4.69, 9.17) is 4.74 Å². The quantitative estimate of drug-likeness (QED) is 0.798. The molecule has 3 aromatic rings. The van der Waals surface area contributed by atoms with Crippen LogP contribution in [0, 0.1) is 6.92 Å². The van der Waals surface area contributed by atoms with Gasteiger partial charge in [-0.3, -0.25) is 9.48 Å². The molecule has 0 spiro atoms. The van der Waals surface area contributed by atoms with Gasteiger partial charge in [0.05, 0.1) is 23.7 Å². The van der Waals surface area contributed by atoms with Crippen molar-refractivity contribution < 1.29 is 9.53 Å². The molecular formula is C17H19N3O2S. The highest BCUT2D eigenvalue weighted by atomic mass is 32.1. The summed E-state index contributed by atoms with van der Waals surface area (Å²) in [6.45, 7) is 3.91. The van der Waals surface area contributed by atoms with Crippen LogP contribution in [0.5, 0.6) is 5.75 Å². The molecule has 0 saturated heterocycles. The van der Waals surface area contributed by atoms with Crippen LogP contribution >= 0.6 is 11.3 Å². The summed E-state index contributed by atoms with van der Waals surface area (Å²) in [5.41, 5.74) is 1.90. The molecule has 0 unspecified atom stereocenters. The maximum absolute atomic E-state index is 12.5. The van der Waals surface area contributed by atoms with Gasteiger partial charge in [0.1, 0.15) is 10.6 Å². The molecule has 0 aliphatic carbocycles. The van der Waals surface area contributed by atoms with Gasteiger partial charge in [0.15, 0.2) is 0 Å². The van der Waals surface area contributed by atoms with Crippen LogP contribution in [0.2, 0.25) is 0 Å². The van der Waals surface area contributed by atoms with Crippen LogP contribution in [-0.2, 0) is 7.05 Å². The number of amides is 1. The van der Waals surface area contributed by atoms with E-state index < -0.39 is 0 Å². The summed E-state index contributed by atoms with van der Waals surface area (Å²) >= 11 is 1.46. The Morgan fingerprint density at radius 3 is 2.83 bits per heavy atom. The lowest BCUT2D eigenvalue weighted by atomic mass is 10.1. The number of hydrogen-bond acceptors (Lipinski definition) is 4. The van der Waals surface area contributed by atoms with Crippen molar-refractivity contribution in [2.24, 2.45) is 7.05 Å². The average molecular weight is 329 g/mol. The predicted molar refractivity (Wildman–Crippen MR) is 92.2 cm³/mol. The SMILES string of the molecule is COc1ccccc1[C@@H](C)NC(=O)c1cc2c(C)nn(C)c2s1. The fourth-order valence-electron chi connectivity index (χ4n) is 2.69. The number of carbonyl (C=O) groups is 1. The van der Waals surface area contributed by atoms with Crippen LogP contribution in [0.4, 0.5) is 0 Å². The number of ether oxygens (including phenoxy) is 1. The lowest BCUT2D eigenvalue weighted by Crippen LogP contribution is -2.26. The minimum Gasteiger partial charge on any atom is -0.496 e. The minimum atomic E-state index is -0.136. The Hall–Kier alpha value is -2.34. The number of benzene rings is 1. The highest BCUT2D eigenvalue weighted by Crippen LogP contribution is 2.29. The number of hydrogen-bond donors (Lipinski definition) is 1. The van der Waals surface area contributed by atoms with Gasteiger partial charge in [0, 0.05) is 18.0 Å². The summed E-state index contributed by atoms with van der Waals surface area (Å²) in [5.74, 6) is 0.695. The number of aromatic nitrogens is 2. The van der Waals surface area contributed by atoms with E-state index in [9.17, 15) is 4.79 Å². The first kappa shape index (κ1) is 15.6. The lowest BCUT2D eigenvalue weighted by molar-refractivity contribution is 0.0943. The number of fused-ring (bicyclic) bond motifs is 1. The zero-order valence-electron chi connectivity index (χ0n) is 13.6. The standard InChI is InChI=1S/C17H19N3O2S/c1-10(12-7-5-6-8-14(12)22-4)18-16(21)15-9-13-11(2)19-20(3)17(13)23-15/h5-10H,1-4H3,(H,18,21)/t10-/m1/s1. The summed E-state index contributed by atoms with van der Waals surface area (Å²) in [4.78, 5) is 14.3. The monoisotopic (exact) mass is 329 g/mol. The van der Waals surface area contributed by atoms with Crippen molar-refractivity contribution in [3.8, 4) is 5.75 Å². The molecule has 23 heavy (non-hydrogen) atoms. The number of thiophene rings is 1. The highest BCUT2D eigenvalue weighted by molar-refractivity contribution is 7.20. The number of aryl methyl sites for hydroxylation is 2. The Kier molecular flexibility index (Phi) is 4.09. The topological polar surface area (TPSA) is 56.1 Å². The zero-order valence-corrected chi connectivity index (χ0v) is 14.4. The maximum atomic E-state index is 12.5. The number of nitrogens with one attached hydrogen (secondary N) is 1. The molecular weight excluding hydrogens is 310 g/mol. The van der Waals surface area contributed by atoms with E-state index in [0.717, 1.165) is 27.2 Å². The molecule has 6 heteroatoms. The smallest absolute Gasteiger partial charge is 0.261 e. The molecule has 5 nitrogen and oxygen atoms in total. The van der Waals surface area contributed by atoms with E-state index in [1.165, 1.54) is 11.3 Å². The first-order chi connectivity index (χ1) is 11.0. The lowest BCUT2D eigenvalue weighted by Gasteiger charge is -2.16. The zero-order chi connectivity index (χ0) is 16.6. The predicted octanol–water partition coefficient (Wildman–Crippen LogP) is 3.44. The van der Waals surface area contributed by atoms with E-state index in [1.807, 2.05) is 55.9 Å². The minimum absolute atomic E-state index is 0.0796. The van der Waals surface area contributed by atoms with Gasteiger partial charge in [-0.25, -0.2) is 0 Å². The molecule has 1 amide bonds. The van der Waals surface area contributed by atoms with Gasteiger partial charge in [-0.05, 0) is 26.0 Å². The van der Waals surface area contributed by atoms with Gasteiger partial charge >= 0.3 is 0 Å². The van der Waals surface area contributed by atoms with E-state index in [1.54, 1.807) is 7.11 Å².